The molecule has 0 aromatic heterocycles. The zero-order valence-corrected chi connectivity index (χ0v) is 23.0. The monoisotopic (exact) mass is 582 g/mol. The van der Waals surface area contributed by atoms with Crippen molar-refractivity contribution < 1.29 is 34.2 Å². The summed E-state index contributed by atoms with van der Waals surface area (Å²) in [5, 5.41) is 26.6. The number of hydrogen-bond acceptors (Lipinski definition) is 9. The molecule has 13 N–H and O–H groups in total. The van der Waals surface area contributed by atoms with Gasteiger partial charge < -0.3 is 49.1 Å². The van der Waals surface area contributed by atoms with E-state index in [1.54, 1.807) is 6.26 Å². The molecule has 0 bridgehead atoms. The molecule has 0 fully saturated rings. The Morgan fingerprint density at radius 1 is 0.900 bits per heavy atom. The highest BCUT2D eigenvalue weighted by Crippen LogP contribution is 2.12. The second-order valence-electron chi connectivity index (χ2n) is 8.90. The van der Waals surface area contributed by atoms with Gasteiger partial charge in [-0.15, -0.1) is 0 Å². The number of carbonyl (C=O) groups is 5. The van der Waals surface area contributed by atoms with Crippen LogP contribution in [-0.2, 0) is 30.4 Å². The maximum atomic E-state index is 13.2. The Kier molecular flexibility index (Phi) is 14.9. The van der Waals surface area contributed by atoms with Crippen LogP contribution in [0.4, 0.5) is 0 Å². The van der Waals surface area contributed by atoms with E-state index in [1.807, 2.05) is 0 Å². The molecule has 0 aliphatic carbocycles. The van der Waals surface area contributed by atoms with Gasteiger partial charge in [-0.1, -0.05) is 12.1 Å². The van der Waals surface area contributed by atoms with Crippen LogP contribution in [0.1, 0.15) is 31.2 Å². The third kappa shape index (κ3) is 13.1. The van der Waals surface area contributed by atoms with Gasteiger partial charge in [-0.3, -0.25) is 24.2 Å². The average molecular weight is 583 g/mol. The van der Waals surface area contributed by atoms with Gasteiger partial charge in [0.2, 0.25) is 23.6 Å². The van der Waals surface area contributed by atoms with Crippen LogP contribution in [0, 0.1) is 0 Å². The molecule has 40 heavy (non-hydrogen) atoms. The van der Waals surface area contributed by atoms with Gasteiger partial charge >= 0.3 is 5.97 Å². The molecule has 4 atom stereocenters. The van der Waals surface area contributed by atoms with Crippen molar-refractivity contribution in [2.24, 2.45) is 27.9 Å². The Bertz CT molecular complexity index is 1050. The number of aromatic hydroxyl groups is 1. The summed E-state index contributed by atoms with van der Waals surface area (Å²) in [6.07, 6.45) is 1.79. The topological polar surface area (TPSA) is 278 Å². The predicted octanol–water partition coefficient (Wildman–Crippen LogP) is -2.52. The number of hydrogen-bond donors (Lipinski definition) is 9. The summed E-state index contributed by atoms with van der Waals surface area (Å²) in [5.74, 6) is -4.03. The van der Waals surface area contributed by atoms with Gasteiger partial charge in [0, 0.05) is 13.0 Å². The SMILES string of the molecule is CSCCC(NC(=O)C(N)CC(N)=O)C(=O)NC(CCCN=C(N)N)C(=O)NC(Cc1ccc(O)cc1)C(=O)O. The van der Waals surface area contributed by atoms with Gasteiger partial charge in [0.05, 0.1) is 12.5 Å². The van der Waals surface area contributed by atoms with Gasteiger partial charge in [-0.2, -0.15) is 11.8 Å². The highest BCUT2D eigenvalue weighted by atomic mass is 32.2. The van der Waals surface area contributed by atoms with Crippen LogP contribution in [0.5, 0.6) is 5.75 Å². The second kappa shape index (κ2) is 17.5. The van der Waals surface area contributed by atoms with Crippen LogP contribution >= 0.6 is 11.8 Å². The largest absolute Gasteiger partial charge is 0.508 e. The van der Waals surface area contributed by atoms with E-state index in [9.17, 15) is 34.2 Å². The summed E-state index contributed by atoms with van der Waals surface area (Å²) in [6, 6.07) is 0.921. The van der Waals surface area contributed by atoms with Crippen LogP contribution in [0.3, 0.4) is 0 Å². The van der Waals surface area contributed by atoms with E-state index >= 15 is 0 Å². The van der Waals surface area contributed by atoms with Gasteiger partial charge in [-0.05, 0) is 49.0 Å². The predicted molar refractivity (Wildman–Crippen MR) is 150 cm³/mol. The lowest BCUT2D eigenvalue weighted by Crippen LogP contribution is -2.57. The molecule has 0 saturated heterocycles. The van der Waals surface area contributed by atoms with E-state index in [0.717, 1.165) is 0 Å². The zero-order valence-electron chi connectivity index (χ0n) is 22.2. The number of primary amides is 1. The van der Waals surface area contributed by atoms with Crippen molar-refractivity contribution in [1.29, 1.82) is 0 Å². The van der Waals surface area contributed by atoms with Crippen molar-refractivity contribution >= 4 is 47.3 Å². The first-order valence-electron chi connectivity index (χ1n) is 12.3. The highest BCUT2D eigenvalue weighted by molar-refractivity contribution is 7.98. The maximum Gasteiger partial charge on any atom is 0.326 e. The summed E-state index contributed by atoms with van der Waals surface area (Å²) in [4.78, 5) is 65.6. The van der Waals surface area contributed by atoms with Gasteiger partial charge in [0.25, 0.3) is 0 Å². The van der Waals surface area contributed by atoms with E-state index in [4.69, 9.17) is 22.9 Å². The molecule has 1 aromatic carbocycles. The number of phenolic OH excluding ortho intramolecular Hbond substituents is 1. The van der Waals surface area contributed by atoms with E-state index in [1.165, 1.54) is 36.0 Å². The molecule has 4 unspecified atom stereocenters. The Labute approximate surface area is 235 Å². The molecule has 4 amide bonds. The van der Waals surface area contributed by atoms with E-state index in [0.29, 0.717) is 11.3 Å². The summed E-state index contributed by atoms with van der Waals surface area (Å²) in [5.41, 5.74) is 22.0. The number of carboxylic acid groups (broad SMARTS) is 1. The summed E-state index contributed by atoms with van der Waals surface area (Å²) < 4.78 is 0. The number of guanidine groups is 1. The van der Waals surface area contributed by atoms with Crippen LogP contribution < -0.4 is 38.9 Å². The summed E-state index contributed by atoms with van der Waals surface area (Å²) in [6.45, 7) is 0.145. The van der Waals surface area contributed by atoms with Gasteiger partial charge in [0.1, 0.15) is 23.9 Å². The van der Waals surface area contributed by atoms with Crippen molar-refractivity contribution in [1.82, 2.24) is 16.0 Å². The number of nitrogens with one attached hydrogen (secondary N) is 3. The lowest BCUT2D eigenvalue weighted by molar-refractivity contribution is -0.142. The van der Waals surface area contributed by atoms with Gasteiger partial charge in [-0.25, -0.2) is 4.79 Å². The average Bonchev–Trinajstić information content (AvgIpc) is 2.88. The molecule has 0 radical (unpaired) electrons. The standard InChI is InChI=1S/C24H38N8O7S/c1-40-10-8-17(30-20(35)15(25)12-19(26)34)22(37)31-16(3-2-9-29-24(27)28)21(36)32-18(23(38)39)11-13-4-6-14(33)7-5-13/h4-7,15-18,33H,2-3,8-12,25H2,1H3,(H2,26,34)(H,30,35)(H,31,37)(H,32,36)(H,38,39)(H4,27,28,29). The number of phenols is 1. The Morgan fingerprint density at radius 2 is 1.45 bits per heavy atom. The maximum absolute atomic E-state index is 13.2. The number of carboxylic acids is 1. The fourth-order valence-electron chi connectivity index (χ4n) is 3.48. The molecule has 15 nitrogen and oxygen atoms in total. The fraction of sp³-hybridized carbons (Fsp3) is 0.500. The third-order valence-electron chi connectivity index (χ3n) is 5.57. The molecule has 16 heteroatoms. The third-order valence-corrected chi connectivity index (χ3v) is 6.21. The minimum Gasteiger partial charge on any atom is -0.508 e. The van der Waals surface area contributed by atoms with Crippen LogP contribution in [0.2, 0.25) is 0 Å². The molecular weight excluding hydrogens is 544 g/mol. The Hall–Kier alpha value is -4.05. The smallest absolute Gasteiger partial charge is 0.326 e. The van der Waals surface area contributed by atoms with Crippen molar-refractivity contribution in [2.45, 2.75) is 56.3 Å². The number of nitrogens with zero attached hydrogens (tertiary/aromatic N) is 1. The highest BCUT2D eigenvalue weighted by Gasteiger charge is 2.30. The number of thioether (sulfide) groups is 1. The second-order valence-corrected chi connectivity index (χ2v) is 9.89. The molecule has 0 saturated carbocycles. The minimum atomic E-state index is -1.34. The summed E-state index contributed by atoms with van der Waals surface area (Å²) in [7, 11) is 0. The zero-order chi connectivity index (χ0) is 30.2. The fourth-order valence-corrected chi connectivity index (χ4v) is 3.95. The number of amides is 4. The number of aliphatic carboxylic acids is 1. The van der Waals surface area contributed by atoms with Gasteiger partial charge in [0.15, 0.2) is 5.96 Å². The van der Waals surface area contributed by atoms with E-state index in [2.05, 4.69) is 20.9 Å². The van der Waals surface area contributed by atoms with Crippen LogP contribution in [0.15, 0.2) is 29.3 Å². The first-order valence-corrected chi connectivity index (χ1v) is 13.7. The van der Waals surface area contributed by atoms with Crippen LogP contribution in [0.25, 0.3) is 0 Å². The number of rotatable bonds is 18. The first-order chi connectivity index (χ1) is 18.8. The number of nitrogens with two attached hydrogens (primary N) is 4. The van der Waals surface area contributed by atoms with Crippen molar-refractivity contribution in [3.05, 3.63) is 29.8 Å². The van der Waals surface area contributed by atoms with E-state index < -0.39 is 60.2 Å². The molecule has 222 valence electrons. The van der Waals surface area contributed by atoms with Crippen molar-refractivity contribution in [3.63, 3.8) is 0 Å². The number of aliphatic imine (C=N–C) groups is 1. The van der Waals surface area contributed by atoms with Crippen molar-refractivity contribution in [2.75, 3.05) is 18.6 Å². The molecule has 0 aliphatic rings. The lowest BCUT2D eigenvalue weighted by Gasteiger charge is -2.25. The first kappa shape index (κ1) is 34.0. The lowest BCUT2D eigenvalue weighted by atomic mass is 10.0. The molecule has 1 aromatic rings. The molecule has 0 heterocycles. The van der Waals surface area contributed by atoms with E-state index in [-0.39, 0.29) is 43.9 Å². The van der Waals surface area contributed by atoms with Crippen LogP contribution in [-0.4, -0.2) is 88.5 Å². The number of carbonyl (C=O) groups excluding carboxylic acids is 4. The van der Waals surface area contributed by atoms with Crippen molar-refractivity contribution in [3.8, 4) is 5.75 Å². The molecule has 1 rings (SSSR count). The minimum absolute atomic E-state index is 0.00177. The Balaban J connectivity index is 3.08. The molecule has 0 spiro atoms. The normalized spacial score (nSPS) is 13.7. The molecular formula is C24H38N8O7S. The Morgan fingerprint density at radius 3 is 1.98 bits per heavy atom. The summed E-state index contributed by atoms with van der Waals surface area (Å²) >= 11 is 1.42. The number of benzene rings is 1. The molecule has 0 aliphatic heterocycles. The quantitative estimate of drug-likeness (QED) is 0.0495.